The Labute approximate surface area is 48.1 Å². The van der Waals surface area contributed by atoms with Crippen molar-refractivity contribution in [2.24, 2.45) is 0 Å². The monoisotopic (exact) mass is 113 g/mol. The Morgan fingerprint density at radius 3 is 2.62 bits per heavy atom. The lowest BCUT2D eigenvalue weighted by atomic mass is 10.4. The first-order valence-corrected chi connectivity index (χ1v) is 2.58. The lowest BCUT2D eigenvalue weighted by molar-refractivity contribution is -0.643. The van der Waals surface area contributed by atoms with Crippen LogP contribution in [0.4, 0.5) is 0 Å². The van der Waals surface area contributed by atoms with Crippen LogP contribution in [0.1, 0.15) is 6.42 Å². The molecule has 1 aliphatic heterocycles. The van der Waals surface area contributed by atoms with Crippen molar-refractivity contribution in [2.45, 2.75) is 6.42 Å². The Hall–Kier alpha value is -0.860. The van der Waals surface area contributed by atoms with Gasteiger partial charge in [0.2, 0.25) is 0 Å². The summed E-state index contributed by atoms with van der Waals surface area (Å²) in [4.78, 5) is 11.5. The summed E-state index contributed by atoms with van der Waals surface area (Å²) < 4.78 is 0. The molecule has 44 valence electrons. The molecule has 1 aliphatic rings. The molecule has 3 heteroatoms. The quantitative estimate of drug-likeness (QED) is 0.428. The third-order valence-electron chi connectivity index (χ3n) is 1.30. The fraction of sp³-hybridized carbons (Fsp3) is 0.600. The van der Waals surface area contributed by atoms with Crippen molar-refractivity contribution in [1.82, 2.24) is 5.01 Å². The van der Waals surface area contributed by atoms with E-state index in [1.165, 1.54) is 0 Å². The zero-order valence-electron chi connectivity index (χ0n) is 4.92. The van der Waals surface area contributed by atoms with Gasteiger partial charge >= 0.3 is 0 Å². The van der Waals surface area contributed by atoms with E-state index in [0.717, 1.165) is 17.8 Å². The van der Waals surface area contributed by atoms with Gasteiger partial charge in [0.25, 0.3) is 5.70 Å². The van der Waals surface area contributed by atoms with E-state index in [0.29, 0.717) is 5.70 Å². The van der Waals surface area contributed by atoms with Gasteiger partial charge in [-0.05, 0) is 6.58 Å². The Bertz CT molecular complexity index is 141. The first-order chi connectivity index (χ1) is 3.72. The van der Waals surface area contributed by atoms with Crippen LogP contribution < -0.4 is 0 Å². The molecular weight excluding hydrogens is 104 g/mol. The smallest absolute Gasteiger partial charge is 0.138 e. The zero-order chi connectivity index (χ0) is 6.15. The average Bonchev–Trinajstić information content (AvgIpc) is 1.98. The molecule has 3 nitrogen and oxygen atoms in total. The molecule has 0 spiro atoms. The predicted molar refractivity (Wildman–Crippen MR) is 30.0 cm³/mol. The number of hydrogen-bond donors (Lipinski definition) is 0. The molecule has 0 unspecified atom stereocenters. The molecule has 0 aromatic carbocycles. The number of nitroso groups, excluding NO2 is 1. The average molecular weight is 113 g/mol. The van der Waals surface area contributed by atoms with Gasteiger partial charge in [0.1, 0.15) is 0 Å². The molecule has 0 bridgehead atoms. The maximum absolute atomic E-state index is 10.6. The highest BCUT2D eigenvalue weighted by Crippen LogP contribution is 2.10. The minimum absolute atomic E-state index is 0.660. The van der Waals surface area contributed by atoms with Crippen LogP contribution >= 0.6 is 0 Å². The molecule has 0 saturated carbocycles. The molecule has 1 rings (SSSR count). The highest BCUT2D eigenvalue weighted by Gasteiger charge is 2.28. The first-order valence-electron chi connectivity index (χ1n) is 2.58. The molecule has 1 fully saturated rings. The molecule has 1 saturated heterocycles. The van der Waals surface area contributed by atoms with Crippen LogP contribution in [0.5, 0.6) is 0 Å². The van der Waals surface area contributed by atoms with Crippen molar-refractivity contribution in [1.29, 1.82) is 0 Å². The summed E-state index contributed by atoms with van der Waals surface area (Å²) in [5.74, 6) is 0. The molecule has 0 aromatic heterocycles. The van der Waals surface area contributed by atoms with Crippen LogP contribution in [-0.2, 0) is 0 Å². The topological polar surface area (TPSA) is 23.3 Å². The largest absolute Gasteiger partial charge is 0.263 e. The van der Waals surface area contributed by atoms with Crippen molar-refractivity contribution in [3.05, 3.63) is 17.2 Å². The standard InChI is InChI=1S/C5H9N2O/c1-5-3-4-6(2)7(5)8/h1,3-4H2,2H3/q+1. The van der Waals surface area contributed by atoms with Crippen LogP contribution in [0, 0.1) is 4.91 Å². The van der Waals surface area contributed by atoms with Crippen molar-refractivity contribution in [2.75, 3.05) is 13.6 Å². The second-order valence-electron chi connectivity index (χ2n) is 1.97. The van der Waals surface area contributed by atoms with Gasteiger partial charge in [0.15, 0.2) is 4.87 Å². The van der Waals surface area contributed by atoms with E-state index in [2.05, 4.69) is 6.58 Å². The predicted octanol–water partition coefficient (Wildman–Crippen LogP) is 0.529. The Kier molecular flexibility index (Phi) is 1.04. The molecule has 0 aliphatic carbocycles. The van der Waals surface area contributed by atoms with Crippen LogP contribution in [0.25, 0.3) is 0 Å². The maximum atomic E-state index is 10.6. The van der Waals surface area contributed by atoms with Gasteiger partial charge in [-0.3, -0.25) is 0 Å². The molecule has 0 radical (unpaired) electrons. The fourth-order valence-electron chi connectivity index (χ4n) is 0.719. The van der Waals surface area contributed by atoms with Crippen LogP contribution in [-0.4, -0.2) is 23.5 Å². The van der Waals surface area contributed by atoms with Gasteiger partial charge in [-0.1, -0.05) is 0 Å². The van der Waals surface area contributed by atoms with Gasteiger partial charge in [0.05, 0.1) is 24.9 Å². The molecule has 0 aromatic rings. The summed E-state index contributed by atoms with van der Waals surface area (Å²) in [6.07, 6.45) is 0.806. The zero-order valence-corrected chi connectivity index (χ0v) is 4.92. The molecule has 8 heavy (non-hydrogen) atoms. The molecule has 1 heterocycles. The Morgan fingerprint density at radius 2 is 2.50 bits per heavy atom. The normalized spacial score (nSPS) is 20.4. The van der Waals surface area contributed by atoms with Crippen molar-refractivity contribution < 1.29 is 4.87 Å². The van der Waals surface area contributed by atoms with Crippen LogP contribution in [0.3, 0.4) is 0 Å². The van der Waals surface area contributed by atoms with Crippen molar-refractivity contribution in [3.63, 3.8) is 0 Å². The molecule has 0 amide bonds. The van der Waals surface area contributed by atoms with Crippen molar-refractivity contribution >= 4 is 0 Å². The Balaban J connectivity index is 2.71. The van der Waals surface area contributed by atoms with E-state index in [9.17, 15) is 4.91 Å². The number of hydrazine groups is 1. The lowest BCUT2D eigenvalue weighted by Gasteiger charge is -1.92. The Morgan fingerprint density at radius 1 is 1.88 bits per heavy atom. The molecular formula is C5H9N2O+. The van der Waals surface area contributed by atoms with E-state index in [1.807, 2.05) is 0 Å². The van der Waals surface area contributed by atoms with E-state index in [4.69, 9.17) is 0 Å². The minimum Gasteiger partial charge on any atom is -0.138 e. The maximum Gasteiger partial charge on any atom is 0.263 e. The summed E-state index contributed by atoms with van der Waals surface area (Å²) in [6, 6.07) is 0. The molecule has 0 atom stereocenters. The van der Waals surface area contributed by atoms with Crippen molar-refractivity contribution in [3.8, 4) is 0 Å². The highest BCUT2D eigenvalue weighted by molar-refractivity contribution is 4.83. The third kappa shape index (κ3) is 0.598. The van der Waals surface area contributed by atoms with Gasteiger partial charge in [-0.25, -0.2) is 0 Å². The third-order valence-corrected chi connectivity index (χ3v) is 1.30. The summed E-state index contributed by atoms with van der Waals surface area (Å²) in [5, 5.41) is 1.60. The summed E-state index contributed by atoms with van der Waals surface area (Å²) in [7, 11) is 1.76. The first kappa shape index (κ1) is 5.28. The highest BCUT2D eigenvalue weighted by atomic mass is 16.3. The van der Waals surface area contributed by atoms with Gasteiger partial charge in [-0.2, -0.15) is 0 Å². The summed E-state index contributed by atoms with van der Waals surface area (Å²) >= 11 is 0. The van der Waals surface area contributed by atoms with Gasteiger partial charge < -0.3 is 0 Å². The summed E-state index contributed by atoms with van der Waals surface area (Å²) in [6.45, 7) is 4.37. The SMILES string of the molecule is C=C1CCN(C)[N+]1=O. The van der Waals surface area contributed by atoms with E-state index in [1.54, 1.807) is 12.1 Å². The number of rotatable bonds is 0. The summed E-state index contributed by atoms with van der Waals surface area (Å²) in [5.41, 5.74) is 0.660. The second kappa shape index (κ2) is 1.58. The fourth-order valence-corrected chi connectivity index (χ4v) is 0.719. The van der Waals surface area contributed by atoms with Gasteiger partial charge in [-0.15, -0.1) is 5.01 Å². The van der Waals surface area contributed by atoms with Crippen LogP contribution in [0.2, 0.25) is 0 Å². The minimum atomic E-state index is 0.660. The number of nitrogens with zero attached hydrogens (tertiary/aromatic N) is 2. The second-order valence-corrected chi connectivity index (χ2v) is 1.97. The van der Waals surface area contributed by atoms with E-state index < -0.39 is 0 Å². The van der Waals surface area contributed by atoms with E-state index in [-0.39, 0.29) is 0 Å². The number of hydrogen-bond acceptors (Lipinski definition) is 1. The van der Waals surface area contributed by atoms with Gasteiger partial charge in [0, 0.05) is 0 Å². The van der Waals surface area contributed by atoms with E-state index >= 15 is 0 Å². The lowest BCUT2D eigenvalue weighted by Crippen LogP contribution is -2.19. The van der Waals surface area contributed by atoms with Crippen LogP contribution in [0.15, 0.2) is 12.3 Å². The molecule has 0 N–H and O–H groups in total.